The van der Waals surface area contributed by atoms with Crippen molar-refractivity contribution in [1.29, 1.82) is 0 Å². The zero-order chi connectivity index (χ0) is 34.1. The number of carbonyl (C=O) groups excluding carboxylic acids is 1. The predicted octanol–water partition coefficient (Wildman–Crippen LogP) is 8.67. The number of hydrogen-bond acceptors (Lipinski definition) is 4. The van der Waals surface area contributed by atoms with Crippen LogP contribution in [0.15, 0.2) is 81.7 Å². The Morgan fingerprint density at radius 3 is 2.47 bits per heavy atom. The fraction of sp³-hybridized carbons (Fsp3) is 0.371. The van der Waals surface area contributed by atoms with E-state index in [-0.39, 0.29) is 29.6 Å². The van der Waals surface area contributed by atoms with Gasteiger partial charge in [0.2, 0.25) is 0 Å². The van der Waals surface area contributed by atoms with Crippen LogP contribution in [0.2, 0.25) is 0 Å². The van der Waals surface area contributed by atoms with Gasteiger partial charge in [-0.15, -0.1) is 13.2 Å². The third-order valence-electron chi connectivity index (χ3n) is 7.85. The second-order valence-electron chi connectivity index (χ2n) is 11.8. The number of rotatable bonds is 10. The van der Waals surface area contributed by atoms with Gasteiger partial charge in [0.25, 0.3) is 0 Å². The molecule has 2 atom stereocenters. The first-order valence-corrected chi connectivity index (χ1v) is 16.5. The average Bonchev–Trinajstić information content (AvgIpc) is 3.01. The molecule has 1 heterocycles. The minimum absolute atomic E-state index is 0.169. The van der Waals surface area contributed by atoms with Crippen molar-refractivity contribution < 1.29 is 22.7 Å². The van der Waals surface area contributed by atoms with E-state index < -0.39 is 6.36 Å². The van der Waals surface area contributed by atoms with E-state index in [1.54, 1.807) is 11.8 Å². The zero-order valence-electron chi connectivity index (χ0n) is 27.2. The summed E-state index contributed by atoms with van der Waals surface area (Å²) < 4.78 is 40.8. The molecule has 0 aliphatic carbocycles. The van der Waals surface area contributed by atoms with Crippen LogP contribution < -0.4 is 20.7 Å². The Morgan fingerprint density at radius 2 is 1.81 bits per heavy atom. The molecule has 3 N–H and O–H groups in total. The van der Waals surface area contributed by atoms with Crippen LogP contribution in [0.3, 0.4) is 0 Å². The van der Waals surface area contributed by atoms with Crippen molar-refractivity contribution in [2.24, 2.45) is 20.7 Å². The van der Waals surface area contributed by atoms with Gasteiger partial charge in [-0.25, -0.2) is 14.8 Å². The Balaban J connectivity index is 1.31. The van der Waals surface area contributed by atoms with Crippen molar-refractivity contribution in [3.63, 3.8) is 0 Å². The van der Waals surface area contributed by atoms with Gasteiger partial charge in [0, 0.05) is 29.6 Å². The largest absolute Gasteiger partial charge is 0.573 e. The van der Waals surface area contributed by atoms with Gasteiger partial charge in [0.1, 0.15) is 17.9 Å². The molecule has 0 saturated carbocycles. The molecule has 0 bridgehead atoms. The molecule has 3 aromatic carbocycles. The molecule has 4 rings (SSSR count). The van der Waals surface area contributed by atoms with Crippen molar-refractivity contribution in [2.75, 3.05) is 17.2 Å². The summed E-state index contributed by atoms with van der Waals surface area (Å²) in [7, 11) is 0. The highest BCUT2D eigenvalue weighted by molar-refractivity contribution is 8.14. The number of urea groups is 1. The standard InChI is InChI=1S/C35H41F3N6O2S/c1-22(2)31-24(4)7-6-8-30(31)44-25(5)18-20-47-34(44)43-33(45)40-19-17-23(3)26-9-11-27(12-10-26)32(39)42-21-41-28-13-15-29(16-14-28)46-35(36,37)38/h6-16,21-23,25H,17-20H2,1-5H3,(H,40,45)(H2,39,41,42)/b43-34-. The van der Waals surface area contributed by atoms with Gasteiger partial charge in [0.15, 0.2) is 5.17 Å². The van der Waals surface area contributed by atoms with Crippen LogP contribution in [0.1, 0.15) is 74.6 Å². The number of nitrogens with one attached hydrogen (secondary N) is 1. The summed E-state index contributed by atoms with van der Waals surface area (Å²) in [6, 6.07) is 19.0. The summed E-state index contributed by atoms with van der Waals surface area (Å²) >= 11 is 1.62. The van der Waals surface area contributed by atoms with Gasteiger partial charge in [-0.2, -0.15) is 4.99 Å². The number of nitrogens with two attached hydrogens (primary N) is 1. The maximum absolute atomic E-state index is 12.9. The smallest absolute Gasteiger partial charge is 0.406 e. The number of carbonyl (C=O) groups is 1. The summed E-state index contributed by atoms with van der Waals surface area (Å²) in [5, 5.41) is 3.70. The monoisotopic (exact) mass is 666 g/mol. The van der Waals surface area contributed by atoms with Crippen LogP contribution in [0.25, 0.3) is 0 Å². The van der Waals surface area contributed by atoms with Crippen LogP contribution in [0, 0.1) is 6.92 Å². The molecule has 1 aliphatic heterocycles. The molecule has 1 aliphatic rings. The number of amides is 2. The Bertz CT molecular complexity index is 1600. The minimum Gasteiger partial charge on any atom is -0.406 e. The number of halogens is 3. The first-order chi connectivity index (χ1) is 22.3. The quantitative estimate of drug-likeness (QED) is 0.166. The SMILES string of the molecule is Cc1cccc(N2/C(=N/C(=O)NCCC(C)c3ccc(C(N)=NC=Nc4ccc(OC(F)(F)F)cc4)cc3)SCCC2C)c1C(C)C. The molecule has 0 aromatic heterocycles. The van der Waals surface area contributed by atoms with Gasteiger partial charge in [-0.3, -0.25) is 0 Å². The summed E-state index contributed by atoms with van der Waals surface area (Å²) in [6.07, 6.45) is -1.77. The van der Waals surface area contributed by atoms with Crippen LogP contribution in [-0.2, 0) is 0 Å². The summed E-state index contributed by atoms with van der Waals surface area (Å²) in [5.74, 6) is 1.34. The molecule has 1 fully saturated rings. The second kappa shape index (κ2) is 16.0. The van der Waals surface area contributed by atoms with Gasteiger partial charge in [-0.05, 0) is 85.5 Å². The average molecular weight is 667 g/mol. The second-order valence-corrected chi connectivity index (χ2v) is 12.8. The van der Waals surface area contributed by atoms with E-state index >= 15 is 0 Å². The van der Waals surface area contributed by atoms with Crippen LogP contribution in [0.4, 0.5) is 29.3 Å². The number of ether oxygens (including phenoxy) is 1. The van der Waals surface area contributed by atoms with Crippen molar-refractivity contribution in [1.82, 2.24) is 5.32 Å². The molecule has 250 valence electrons. The van der Waals surface area contributed by atoms with Gasteiger partial charge >= 0.3 is 12.4 Å². The predicted molar refractivity (Wildman–Crippen MR) is 187 cm³/mol. The third kappa shape index (κ3) is 10.1. The molecule has 12 heteroatoms. The third-order valence-corrected chi connectivity index (χ3v) is 8.84. The van der Waals surface area contributed by atoms with Crippen molar-refractivity contribution >= 4 is 46.5 Å². The van der Waals surface area contributed by atoms with E-state index in [9.17, 15) is 18.0 Å². The molecular formula is C35H41F3N6O2S. The lowest BCUT2D eigenvalue weighted by Crippen LogP contribution is -2.43. The Morgan fingerprint density at radius 1 is 1.11 bits per heavy atom. The number of benzene rings is 3. The molecule has 1 saturated heterocycles. The highest BCUT2D eigenvalue weighted by Gasteiger charge is 2.31. The molecular weight excluding hydrogens is 625 g/mol. The number of anilines is 1. The number of amidine groups is 2. The number of nitrogens with zero attached hydrogens (tertiary/aromatic N) is 4. The van der Waals surface area contributed by atoms with E-state index in [0.29, 0.717) is 23.7 Å². The van der Waals surface area contributed by atoms with E-state index in [1.807, 2.05) is 24.3 Å². The van der Waals surface area contributed by atoms with Gasteiger partial charge in [0.05, 0.1) is 5.69 Å². The fourth-order valence-corrected chi connectivity index (χ4v) is 6.60. The number of thioether (sulfide) groups is 1. The van der Waals surface area contributed by atoms with Crippen molar-refractivity contribution in [2.45, 2.75) is 71.7 Å². The highest BCUT2D eigenvalue weighted by atomic mass is 32.2. The zero-order valence-corrected chi connectivity index (χ0v) is 28.0. The molecule has 2 amide bonds. The molecule has 0 spiro atoms. The van der Waals surface area contributed by atoms with E-state index in [1.165, 1.54) is 41.7 Å². The topological polar surface area (TPSA) is 105 Å². The van der Waals surface area contributed by atoms with E-state index in [0.717, 1.165) is 35.0 Å². The van der Waals surface area contributed by atoms with E-state index in [4.69, 9.17) is 5.73 Å². The van der Waals surface area contributed by atoms with Crippen molar-refractivity contribution in [3.05, 3.63) is 89.0 Å². The Kier molecular flexibility index (Phi) is 12.1. The summed E-state index contributed by atoms with van der Waals surface area (Å²) in [5.41, 5.74) is 11.9. The minimum atomic E-state index is -4.75. The van der Waals surface area contributed by atoms with Crippen LogP contribution in [0.5, 0.6) is 5.75 Å². The fourth-order valence-electron chi connectivity index (χ4n) is 5.40. The molecule has 3 aromatic rings. The molecule has 47 heavy (non-hydrogen) atoms. The Hall–Kier alpha value is -4.32. The maximum atomic E-state index is 12.9. The van der Waals surface area contributed by atoms with Crippen LogP contribution in [-0.4, -0.2) is 48.1 Å². The lowest BCUT2D eigenvalue weighted by Gasteiger charge is -2.37. The van der Waals surface area contributed by atoms with Crippen LogP contribution >= 0.6 is 11.8 Å². The maximum Gasteiger partial charge on any atom is 0.573 e. The number of hydrogen-bond donors (Lipinski definition) is 2. The lowest BCUT2D eigenvalue weighted by molar-refractivity contribution is -0.274. The lowest BCUT2D eigenvalue weighted by atomic mass is 9.95. The first kappa shape index (κ1) is 35.5. The van der Waals surface area contributed by atoms with E-state index in [2.05, 4.69) is 82.7 Å². The number of alkyl halides is 3. The number of aliphatic imine (C=N–C) groups is 3. The highest BCUT2D eigenvalue weighted by Crippen LogP contribution is 2.36. The summed E-state index contributed by atoms with van der Waals surface area (Å²) in [4.78, 5) is 27.9. The summed E-state index contributed by atoms with van der Waals surface area (Å²) in [6.45, 7) is 11.3. The molecule has 0 radical (unpaired) electrons. The molecule has 2 unspecified atom stereocenters. The normalized spacial score (nSPS) is 17.4. The van der Waals surface area contributed by atoms with Gasteiger partial charge < -0.3 is 20.7 Å². The molecule has 8 nitrogen and oxygen atoms in total. The Labute approximate surface area is 278 Å². The first-order valence-electron chi connectivity index (χ1n) is 15.5. The van der Waals surface area contributed by atoms with Gasteiger partial charge in [-0.1, -0.05) is 68.9 Å². The van der Waals surface area contributed by atoms with Crippen molar-refractivity contribution in [3.8, 4) is 5.75 Å². The number of aryl methyl sites for hydroxylation is 1.